The minimum atomic E-state index is -0.697. The van der Waals surface area contributed by atoms with E-state index in [1.165, 1.54) is 12.8 Å². The molecule has 0 spiro atoms. The van der Waals surface area contributed by atoms with Gasteiger partial charge in [-0.2, -0.15) is 0 Å². The lowest BCUT2D eigenvalue weighted by Gasteiger charge is -2.34. The first-order valence-electron chi connectivity index (χ1n) is 3.76. The van der Waals surface area contributed by atoms with Crippen LogP contribution in [0.5, 0.6) is 0 Å². The molecule has 2 rings (SSSR count). The van der Waals surface area contributed by atoms with E-state index in [1.807, 2.05) is 0 Å². The lowest BCUT2D eigenvalue weighted by molar-refractivity contribution is -0.142. The van der Waals surface area contributed by atoms with Crippen molar-refractivity contribution < 1.29 is 9.90 Å². The maximum Gasteiger partial charge on any atom is 0.320 e. The van der Waals surface area contributed by atoms with Crippen molar-refractivity contribution in [3.63, 3.8) is 0 Å². The highest BCUT2D eigenvalue weighted by molar-refractivity contribution is 5.74. The van der Waals surface area contributed by atoms with E-state index >= 15 is 0 Å². The van der Waals surface area contributed by atoms with E-state index in [0.29, 0.717) is 6.04 Å². The van der Waals surface area contributed by atoms with Crippen LogP contribution in [-0.4, -0.2) is 23.2 Å². The van der Waals surface area contributed by atoms with Crippen LogP contribution in [0.15, 0.2) is 0 Å². The number of rotatable bonds is 2. The maximum atomic E-state index is 10.3. The van der Waals surface area contributed by atoms with Gasteiger partial charge in [-0.15, -0.1) is 0 Å². The second-order valence-electron chi connectivity index (χ2n) is 3.24. The maximum absolute atomic E-state index is 10.3. The molecule has 1 aliphatic carbocycles. The summed E-state index contributed by atoms with van der Waals surface area (Å²) >= 11 is 0. The molecular weight excluding hydrogens is 130 g/mol. The third-order valence-corrected chi connectivity index (χ3v) is 2.39. The monoisotopic (exact) mass is 141 g/mol. The fourth-order valence-electron chi connectivity index (χ4n) is 1.49. The highest BCUT2D eigenvalue weighted by Gasteiger charge is 2.42. The average Bonchev–Trinajstić information content (AvgIpc) is 2.42. The van der Waals surface area contributed by atoms with Crippen molar-refractivity contribution in [2.45, 2.75) is 31.3 Å². The molecule has 56 valence electrons. The normalized spacial score (nSPS) is 38.8. The van der Waals surface area contributed by atoms with Gasteiger partial charge in [0.1, 0.15) is 6.04 Å². The van der Waals surface area contributed by atoms with Crippen LogP contribution in [-0.2, 0) is 4.79 Å². The van der Waals surface area contributed by atoms with Crippen molar-refractivity contribution in [1.82, 2.24) is 5.32 Å². The Bertz CT molecular complexity index is 159. The van der Waals surface area contributed by atoms with Gasteiger partial charge in [0.2, 0.25) is 0 Å². The van der Waals surface area contributed by atoms with E-state index in [1.54, 1.807) is 0 Å². The lowest BCUT2D eigenvalue weighted by atomic mass is 9.93. The topological polar surface area (TPSA) is 49.3 Å². The van der Waals surface area contributed by atoms with Gasteiger partial charge in [0.05, 0.1) is 0 Å². The van der Waals surface area contributed by atoms with Crippen LogP contribution in [0.1, 0.15) is 19.3 Å². The Morgan fingerprint density at radius 3 is 2.50 bits per heavy atom. The molecule has 0 amide bonds. The zero-order chi connectivity index (χ0) is 7.14. The van der Waals surface area contributed by atoms with E-state index in [-0.39, 0.29) is 6.04 Å². The van der Waals surface area contributed by atoms with Crippen molar-refractivity contribution in [2.75, 3.05) is 0 Å². The van der Waals surface area contributed by atoms with Gasteiger partial charge < -0.3 is 10.4 Å². The fourth-order valence-corrected chi connectivity index (χ4v) is 1.49. The van der Waals surface area contributed by atoms with Crippen molar-refractivity contribution in [2.24, 2.45) is 5.92 Å². The summed E-state index contributed by atoms with van der Waals surface area (Å²) in [6.07, 6.45) is 3.44. The van der Waals surface area contributed by atoms with Crippen molar-refractivity contribution in [3.8, 4) is 0 Å². The van der Waals surface area contributed by atoms with Crippen LogP contribution in [0, 0.1) is 5.92 Å². The summed E-state index contributed by atoms with van der Waals surface area (Å²) in [5.41, 5.74) is 0. The first kappa shape index (κ1) is 6.16. The molecule has 0 radical (unpaired) electrons. The summed E-state index contributed by atoms with van der Waals surface area (Å²) in [5.74, 6) is 0.104. The number of hydrogen-bond donors (Lipinski definition) is 2. The smallest absolute Gasteiger partial charge is 0.320 e. The largest absolute Gasteiger partial charge is 0.480 e. The summed E-state index contributed by atoms with van der Waals surface area (Å²) in [4.78, 5) is 10.3. The van der Waals surface area contributed by atoms with E-state index in [4.69, 9.17) is 5.11 Å². The second-order valence-corrected chi connectivity index (χ2v) is 3.24. The Kier molecular flexibility index (Phi) is 1.20. The van der Waals surface area contributed by atoms with Crippen molar-refractivity contribution in [1.29, 1.82) is 0 Å². The Hall–Kier alpha value is -0.570. The number of aliphatic carboxylic acids is 1. The third kappa shape index (κ3) is 0.904. The number of hydrogen-bond acceptors (Lipinski definition) is 2. The molecule has 1 saturated heterocycles. The molecule has 2 fully saturated rings. The molecule has 0 aromatic rings. The molecule has 1 saturated carbocycles. The predicted octanol–water partition coefficient (Wildman–Crippen LogP) is 0.212. The average molecular weight is 141 g/mol. The summed E-state index contributed by atoms with van der Waals surface area (Å²) in [5, 5.41) is 11.5. The summed E-state index contributed by atoms with van der Waals surface area (Å²) in [7, 11) is 0. The Labute approximate surface area is 59.4 Å². The summed E-state index contributed by atoms with van der Waals surface area (Å²) in [6.45, 7) is 0. The van der Waals surface area contributed by atoms with E-state index < -0.39 is 5.97 Å². The minimum absolute atomic E-state index is 0.245. The van der Waals surface area contributed by atoms with Gasteiger partial charge in [-0.05, 0) is 25.2 Å². The summed E-state index contributed by atoms with van der Waals surface area (Å²) < 4.78 is 0. The molecule has 0 bridgehead atoms. The molecule has 2 unspecified atom stereocenters. The lowest BCUT2D eigenvalue weighted by Crippen LogP contribution is -2.57. The molecule has 0 aromatic carbocycles. The SMILES string of the molecule is O=C(O)C1CC(C2CC2)N1. The molecule has 2 N–H and O–H groups in total. The zero-order valence-corrected chi connectivity index (χ0v) is 5.71. The fraction of sp³-hybridized carbons (Fsp3) is 0.857. The van der Waals surface area contributed by atoms with Gasteiger partial charge in [0.25, 0.3) is 0 Å². The third-order valence-electron chi connectivity index (χ3n) is 2.39. The number of carboxylic acid groups (broad SMARTS) is 1. The van der Waals surface area contributed by atoms with Gasteiger partial charge in [0, 0.05) is 6.04 Å². The van der Waals surface area contributed by atoms with Gasteiger partial charge in [0.15, 0.2) is 0 Å². The van der Waals surface area contributed by atoms with Gasteiger partial charge in [-0.25, -0.2) is 0 Å². The molecule has 1 heterocycles. The van der Waals surface area contributed by atoms with Gasteiger partial charge in [-0.1, -0.05) is 0 Å². The van der Waals surface area contributed by atoms with E-state index in [0.717, 1.165) is 12.3 Å². The quantitative estimate of drug-likeness (QED) is 0.578. The molecular formula is C7H11NO2. The molecule has 1 aliphatic heterocycles. The van der Waals surface area contributed by atoms with Gasteiger partial charge >= 0.3 is 5.97 Å². The van der Waals surface area contributed by atoms with Crippen LogP contribution < -0.4 is 5.32 Å². The number of carboxylic acids is 1. The van der Waals surface area contributed by atoms with Crippen LogP contribution in [0.25, 0.3) is 0 Å². The van der Waals surface area contributed by atoms with Crippen LogP contribution in [0.2, 0.25) is 0 Å². The molecule has 2 aliphatic rings. The highest BCUT2D eigenvalue weighted by Crippen LogP contribution is 2.37. The van der Waals surface area contributed by atoms with Crippen molar-refractivity contribution in [3.05, 3.63) is 0 Å². The highest BCUT2D eigenvalue weighted by atomic mass is 16.4. The van der Waals surface area contributed by atoms with Crippen molar-refractivity contribution >= 4 is 5.97 Å². The number of carbonyl (C=O) groups is 1. The molecule has 10 heavy (non-hydrogen) atoms. The molecule has 0 aromatic heterocycles. The Balaban J connectivity index is 1.77. The molecule has 3 nitrogen and oxygen atoms in total. The van der Waals surface area contributed by atoms with E-state index in [9.17, 15) is 4.79 Å². The summed E-state index contributed by atoms with van der Waals surface area (Å²) in [6, 6.07) is 0.284. The predicted molar refractivity (Wildman–Crippen MR) is 35.7 cm³/mol. The first-order chi connectivity index (χ1) is 4.77. The second kappa shape index (κ2) is 1.95. The Morgan fingerprint density at radius 1 is 1.50 bits per heavy atom. The standard InChI is InChI=1S/C7H11NO2/c9-7(10)6-3-5(8-6)4-1-2-4/h4-6,8H,1-3H2,(H,9,10). The van der Waals surface area contributed by atoms with Gasteiger partial charge in [-0.3, -0.25) is 4.79 Å². The van der Waals surface area contributed by atoms with Crippen LogP contribution in [0.3, 0.4) is 0 Å². The first-order valence-corrected chi connectivity index (χ1v) is 3.76. The molecule has 3 heteroatoms. The van der Waals surface area contributed by atoms with Crippen LogP contribution in [0.4, 0.5) is 0 Å². The van der Waals surface area contributed by atoms with E-state index in [2.05, 4.69) is 5.32 Å². The number of nitrogens with one attached hydrogen (secondary N) is 1. The molecule has 2 atom stereocenters. The van der Waals surface area contributed by atoms with Crippen LogP contribution >= 0.6 is 0 Å². The zero-order valence-electron chi connectivity index (χ0n) is 5.71. The minimum Gasteiger partial charge on any atom is -0.480 e. The Morgan fingerprint density at radius 2 is 2.10 bits per heavy atom.